The number of carboxylic acids is 1. The summed E-state index contributed by atoms with van der Waals surface area (Å²) in [7, 11) is -2.60. The molecule has 0 amide bonds. The molecule has 0 bridgehead atoms. The molecule has 0 aliphatic rings. The molecule has 0 aromatic carbocycles. The molecule has 0 fully saturated rings. The maximum Gasteiger partial charge on any atom is 0.320 e. The zero-order valence-electron chi connectivity index (χ0n) is 8.63. The molecule has 0 saturated carbocycles. The van der Waals surface area contributed by atoms with Gasteiger partial charge in [-0.15, -0.1) is 0 Å². The topological polar surface area (TPSA) is 153 Å². The first-order valence-electron chi connectivity index (χ1n) is 3.84. The fourth-order valence-electron chi connectivity index (χ4n) is 0.475. The van der Waals surface area contributed by atoms with Crippen LogP contribution in [0.25, 0.3) is 0 Å². The Labute approximate surface area is 92.5 Å². The average Bonchev–Trinajstić information content (AvgIpc) is 1.97. The predicted octanol–water partition coefficient (Wildman–Crippen LogP) is -1.30. The number of carbonyl (C=O) groups is 1. The van der Waals surface area contributed by atoms with E-state index in [0.29, 0.717) is 0 Å². The number of carboxylic acid groups (broad SMARTS) is 1. The quantitative estimate of drug-likeness (QED) is 0.460. The first-order chi connectivity index (χ1) is 6.56. The van der Waals surface area contributed by atoms with Crippen molar-refractivity contribution < 1.29 is 18.7 Å². The van der Waals surface area contributed by atoms with Crippen LogP contribution in [0.5, 0.6) is 0 Å². The Morgan fingerprint density at radius 3 is 2.27 bits per heavy atom. The third-order valence-corrected chi connectivity index (χ3v) is 2.15. The lowest BCUT2D eigenvalue weighted by Gasteiger charge is -2.04. The Kier molecular flexibility index (Phi) is 8.96. The molecule has 0 saturated heterocycles. The zero-order chi connectivity index (χ0) is 12.6. The number of nitrogens with one attached hydrogen (secondary N) is 1. The van der Waals surface area contributed by atoms with E-state index in [2.05, 4.69) is 5.14 Å². The van der Waals surface area contributed by atoms with Crippen LogP contribution in [0.15, 0.2) is 0 Å². The van der Waals surface area contributed by atoms with Crippen molar-refractivity contribution in [2.75, 3.05) is 18.3 Å². The predicted molar refractivity (Wildman–Crippen MR) is 60.1 cm³/mol. The molecule has 3 atom stereocenters. The van der Waals surface area contributed by atoms with Gasteiger partial charge in [0.1, 0.15) is 12.3 Å². The van der Waals surface area contributed by atoms with E-state index in [1.165, 1.54) is 12.5 Å². The Bertz CT molecular complexity index is 275. The van der Waals surface area contributed by atoms with Crippen LogP contribution in [0.3, 0.4) is 0 Å². The molecule has 0 aromatic heterocycles. The van der Waals surface area contributed by atoms with Crippen molar-refractivity contribution in [1.82, 2.24) is 0 Å². The van der Waals surface area contributed by atoms with Crippen LogP contribution < -0.4 is 10.9 Å². The highest BCUT2D eigenvalue weighted by Gasteiger charge is 2.12. The lowest BCUT2D eigenvalue weighted by Crippen LogP contribution is -2.31. The van der Waals surface area contributed by atoms with E-state index >= 15 is 0 Å². The molecule has 15 heavy (non-hydrogen) atoms. The molecule has 0 aromatic rings. The van der Waals surface area contributed by atoms with Gasteiger partial charge in [-0.2, -0.15) is 5.14 Å². The Hall–Kier alpha value is -0.350. The van der Waals surface area contributed by atoms with Gasteiger partial charge in [-0.3, -0.25) is 13.8 Å². The lowest BCUT2D eigenvalue weighted by atomic mass is 10.2. The van der Waals surface area contributed by atoms with Gasteiger partial charge in [0.2, 0.25) is 0 Å². The molecule has 6 N–H and O–H groups in total. The van der Waals surface area contributed by atoms with Crippen LogP contribution in [0.2, 0.25) is 0 Å². The number of nitrogens with two attached hydrogens (primary N) is 2. The SMILES string of the molecule is CS(=N)(=O)CC[C@H](N)C(=O)O.C[S+](N)[O-]. The normalized spacial score (nSPS) is 17.9. The maximum atomic E-state index is 10.7. The van der Waals surface area contributed by atoms with Crippen molar-refractivity contribution in [3.05, 3.63) is 0 Å². The molecule has 0 radical (unpaired) electrons. The average molecular weight is 259 g/mol. The summed E-state index contributed by atoms with van der Waals surface area (Å²) in [6.07, 6.45) is 2.77. The highest BCUT2D eigenvalue weighted by Crippen LogP contribution is 1.94. The Balaban J connectivity index is 0. The largest absolute Gasteiger partial charge is 0.599 e. The number of rotatable bonds is 4. The molecule has 92 valence electrons. The summed E-state index contributed by atoms with van der Waals surface area (Å²) >= 11 is -1.11. The molecule has 9 heteroatoms. The minimum atomic E-state index is -2.60. The molecule has 0 heterocycles. The minimum Gasteiger partial charge on any atom is -0.599 e. The molecule has 0 spiro atoms. The summed E-state index contributed by atoms with van der Waals surface area (Å²) in [4.78, 5) is 10.1. The standard InChI is InChI=1S/C5H12N2O3S.CH5NOS/c1-11(7,10)3-2-4(6)5(8)9;1-4(2)3/h4,7H,2-3,6H2,1H3,(H,8,9);2H2,1H3/t4-,11?;/m0./s1. The number of hydrogen-bond donors (Lipinski definition) is 4. The van der Waals surface area contributed by atoms with E-state index in [4.69, 9.17) is 15.6 Å². The molecule has 2 unspecified atom stereocenters. The summed E-state index contributed by atoms with van der Waals surface area (Å²) < 4.78 is 27.0. The molecule has 0 aliphatic heterocycles. The van der Waals surface area contributed by atoms with Crippen molar-refractivity contribution in [3.8, 4) is 0 Å². The molecule has 7 nitrogen and oxygen atoms in total. The fourth-order valence-corrected chi connectivity index (χ4v) is 1.18. The van der Waals surface area contributed by atoms with E-state index in [1.807, 2.05) is 0 Å². The van der Waals surface area contributed by atoms with E-state index in [1.54, 1.807) is 0 Å². The van der Waals surface area contributed by atoms with Crippen LogP contribution >= 0.6 is 0 Å². The van der Waals surface area contributed by atoms with Crippen LogP contribution in [-0.4, -0.2) is 44.1 Å². The van der Waals surface area contributed by atoms with Crippen LogP contribution in [0.1, 0.15) is 6.42 Å². The van der Waals surface area contributed by atoms with Gasteiger partial charge in [-0.1, -0.05) is 0 Å². The van der Waals surface area contributed by atoms with Gasteiger partial charge in [0.05, 0.1) is 0 Å². The van der Waals surface area contributed by atoms with E-state index in [-0.39, 0.29) is 12.2 Å². The Morgan fingerprint density at radius 2 is 2.07 bits per heavy atom. The fraction of sp³-hybridized carbons (Fsp3) is 0.833. The van der Waals surface area contributed by atoms with E-state index in [9.17, 15) is 13.6 Å². The molecular formula is C6H17N3O4S2. The van der Waals surface area contributed by atoms with Crippen molar-refractivity contribution in [1.29, 1.82) is 4.78 Å². The van der Waals surface area contributed by atoms with Gasteiger partial charge in [0, 0.05) is 33.1 Å². The van der Waals surface area contributed by atoms with Gasteiger partial charge in [-0.05, 0) is 6.42 Å². The van der Waals surface area contributed by atoms with Gasteiger partial charge in [0.25, 0.3) is 0 Å². The second-order valence-electron chi connectivity index (χ2n) is 2.94. The highest BCUT2D eigenvalue weighted by atomic mass is 32.2. The van der Waals surface area contributed by atoms with Crippen LogP contribution in [0.4, 0.5) is 0 Å². The van der Waals surface area contributed by atoms with Crippen LogP contribution in [0, 0.1) is 4.78 Å². The highest BCUT2D eigenvalue weighted by molar-refractivity contribution is 7.91. The van der Waals surface area contributed by atoms with Crippen molar-refractivity contribution >= 4 is 27.1 Å². The Morgan fingerprint density at radius 1 is 1.73 bits per heavy atom. The lowest BCUT2D eigenvalue weighted by molar-refractivity contribution is -0.138. The van der Waals surface area contributed by atoms with Gasteiger partial charge in [-0.25, -0.2) is 0 Å². The van der Waals surface area contributed by atoms with Gasteiger partial charge in [0.15, 0.2) is 0 Å². The zero-order valence-corrected chi connectivity index (χ0v) is 10.3. The summed E-state index contributed by atoms with van der Waals surface area (Å²) in [6.45, 7) is 0. The van der Waals surface area contributed by atoms with Crippen molar-refractivity contribution in [3.63, 3.8) is 0 Å². The first kappa shape index (κ1) is 17.1. The third kappa shape index (κ3) is 19.9. The summed E-state index contributed by atoms with van der Waals surface area (Å²) in [6, 6.07) is -0.999. The van der Waals surface area contributed by atoms with Crippen LogP contribution in [-0.2, 0) is 25.9 Å². The number of hydrogen-bond acceptors (Lipinski definition) is 6. The third-order valence-electron chi connectivity index (χ3n) is 1.14. The summed E-state index contributed by atoms with van der Waals surface area (Å²) in [5, 5.41) is 12.9. The number of aliphatic carboxylic acids is 1. The smallest absolute Gasteiger partial charge is 0.320 e. The maximum absolute atomic E-state index is 10.7. The second-order valence-corrected chi connectivity index (χ2v) is 6.36. The molecular weight excluding hydrogens is 242 g/mol. The summed E-state index contributed by atoms with van der Waals surface area (Å²) in [5.74, 6) is -1.07. The molecule has 0 rings (SSSR count). The first-order valence-corrected chi connectivity index (χ1v) is 7.59. The van der Waals surface area contributed by atoms with Crippen molar-refractivity contribution in [2.24, 2.45) is 10.9 Å². The second kappa shape index (κ2) is 7.88. The van der Waals surface area contributed by atoms with Crippen molar-refractivity contribution in [2.45, 2.75) is 12.5 Å². The monoisotopic (exact) mass is 259 g/mol. The molecule has 0 aliphatic carbocycles. The van der Waals surface area contributed by atoms with E-state index < -0.39 is 33.1 Å². The van der Waals surface area contributed by atoms with Gasteiger partial charge < -0.3 is 15.4 Å². The van der Waals surface area contributed by atoms with Gasteiger partial charge >= 0.3 is 5.97 Å². The minimum absolute atomic E-state index is 0.0421. The van der Waals surface area contributed by atoms with E-state index in [0.717, 1.165) is 0 Å². The summed E-state index contributed by atoms with van der Waals surface area (Å²) in [5.41, 5.74) is 5.12.